The third-order valence-electron chi connectivity index (χ3n) is 4.56. The quantitative estimate of drug-likeness (QED) is 0.756. The van der Waals surface area contributed by atoms with Crippen LogP contribution in [0.4, 0.5) is 0 Å². The van der Waals surface area contributed by atoms with Crippen LogP contribution in [0.15, 0.2) is 0 Å². The van der Waals surface area contributed by atoms with Crippen LogP contribution >= 0.6 is 0 Å². The Labute approximate surface area is 136 Å². The highest BCUT2D eigenvalue weighted by atomic mass is 32.2. The molecule has 1 aromatic rings. The number of tetrazole rings is 1. The minimum atomic E-state index is -3.57. The summed E-state index contributed by atoms with van der Waals surface area (Å²) in [6.45, 7) is 2.70. The van der Waals surface area contributed by atoms with Crippen molar-refractivity contribution in [2.75, 3.05) is 12.3 Å². The smallest absolute Gasteiger partial charge is 0.238 e. The summed E-state index contributed by atoms with van der Waals surface area (Å²) in [6, 6.07) is 0.390. The molecule has 1 amide bonds. The maximum absolute atomic E-state index is 12.4. The predicted octanol–water partition coefficient (Wildman–Crippen LogP) is 0.714. The average Bonchev–Trinajstić information content (AvgIpc) is 3.27. The molecule has 1 aliphatic heterocycles. The summed E-state index contributed by atoms with van der Waals surface area (Å²) in [5, 5.41) is 11.2. The molecule has 0 N–H and O–H groups in total. The molecule has 0 aromatic carbocycles. The molecule has 0 spiro atoms. The zero-order valence-corrected chi connectivity index (χ0v) is 14.2. The molecule has 1 aromatic heterocycles. The minimum Gasteiger partial charge on any atom is -0.339 e. The van der Waals surface area contributed by atoms with Gasteiger partial charge in [-0.1, -0.05) is 6.92 Å². The maximum Gasteiger partial charge on any atom is 0.238 e. The zero-order chi connectivity index (χ0) is 16.4. The maximum atomic E-state index is 12.4. The molecule has 9 heteroatoms. The van der Waals surface area contributed by atoms with E-state index >= 15 is 0 Å². The van der Waals surface area contributed by atoms with Crippen molar-refractivity contribution in [3.63, 3.8) is 0 Å². The third-order valence-corrected chi connectivity index (χ3v) is 5.95. The molecule has 3 rings (SSSR count). The molecular formula is C14H23N5O3S. The monoisotopic (exact) mass is 341 g/mol. The Morgan fingerprint density at radius 1 is 1.26 bits per heavy atom. The Bertz CT molecular complexity index is 668. The number of carbonyl (C=O) groups excluding carboxylic acids is 1. The third kappa shape index (κ3) is 3.88. The number of piperidine rings is 1. The van der Waals surface area contributed by atoms with Crippen molar-refractivity contribution in [2.45, 2.75) is 63.3 Å². The van der Waals surface area contributed by atoms with E-state index in [4.69, 9.17) is 0 Å². The van der Waals surface area contributed by atoms with Gasteiger partial charge >= 0.3 is 0 Å². The Morgan fingerprint density at radius 3 is 2.74 bits per heavy atom. The lowest BCUT2D eigenvalue weighted by atomic mass is 10.0. The van der Waals surface area contributed by atoms with E-state index in [-0.39, 0.29) is 23.7 Å². The number of sulfone groups is 1. The van der Waals surface area contributed by atoms with Gasteiger partial charge in [0.25, 0.3) is 0 Å². The van der Waals surface area contributed by atoms with E-state index in [1.165, 1.54) is 0 Å². The van der Waals surface area contributed by atoms with Gasteiger partial charge in [0, 0.05) is 12.6 Å². The van der Waals surface area contributed by atoms with E-state index < -0.39 is 15.6 Å². The van der Waals surface area contributed by atoms with Crippen LogP contribution < -0.4 is 0 Å². The molecule has 8 nitrogen and oxygen atoms in total. The average molecular weight is 341 g/mol. The van der Waals surface area contributed by atoms with Crippen LogP contribution in [-0.4, -0.2) is 57.8 Å². The standard InChI is InChI=1S/C14H23N5O3S/c1-2-11-5-3-4-8-18(11)14(20)10-23(21,22)9-13-15-16-17-19(13)12-6-7-12/h11-12H,2-10H2,1H3/t11-/m1/s1. The summed E-state index contributed by atoms with van der Waals surface area (Å²) < 4.78 is 26.4. The Balaban J connectivity index is 1.65. The van der Waals surface area contributed by atoms with Crippen molar-refractivity contribution in [2.24, 2.45) is 0 Å². The van der Waals surface area contributed by atoms with Gasteiger partial charge in [-0.2, -0.15) is 0 Å². The lowest BCUT2D eigenvalue weighted by Gasteiger charge is -2.35. The lowest BCUT2D eigenvalue weighted by Crippen LogP contribution is -2.46. The second kappa shape index (κ2) is 6.54. The molecule has 1 atom stereocenters. The highest BCUT2D eigenvalue weighted by Gasteiger charge is 2.32. The van der Waals surface area contributed by atoms with Crippen molar-refractivity contribution >= 4 is 15.7 Å². The van der Waals surface area contributed by atoms with Crippen LogP contribution in [0.3, 0.4) is 0 Å². The van der Waals surface area contributed by atoms with Crippen molar-refractivity contribution in [3.8, 4) is 0 Å². The summed E-state index contributed by atoms with van der Waals surface area (Å²) in [5.74, 6) is -0.679. The van der Waals surface area contributed by atoms with Crippen molar-refractivity contribution in [1.29, 1.82) is 0 Å². The molecule has 1 saturated heterocycles. The molecule has 1 saturated carbocycles. The summed E-state index contributed by atoms with van der Waals surface area (Å²) in [7, 11) is -3.57. The predicted molar refractivity (Wildman–Crippen MR) is 83.2 cm³/mol. The van der Waals surface area contributed by atoms with E-state index in [1.54, 1.807) is 9.58 Å². The van der Waals surface area contributed by atoms with Crippen molar-refractivity contribution < 1.29 is 13.2 Å². The molecule has 1 aliphatic carbocycles. The number of nitrogens with zero attached hydrogens (tertiary/aromatic N) is 5. The second-order valence-corrected chi connectivity index (χ2v) is 8.51. The van der Waals surface area contributed by atoms with E-state index in [0.717, 1.165) is 38.5 Å². The van der Waals surface area contributed by atoms with E-state index in [1.807, 2.05) is 6.92 Å². The van der Waals surface area contributed by atoms with Crippen LogP contribution in [0, 0.1) is 0 Å². The molecule has 23 heavy (non-hydrogen) atoms. The van der Waals surface area contributed by atoms with Crippen molar-refractivity contribution in [3.05, 3.63) is 5.82 Å². The van der Waals surface area contributed by atoms with E-state index in [0.29, 0.717) is 12.4 Å². The van der Waals surface area contributed by atoms with Crippen LogP contribution in [0.2, 0.25) is 0 Å². The van der Waals surface area contributed by atoms with Gasteiger partial charge in [0.1, 0.15) is 11.5 Å². The number of hydrogen-bond acceptors (Lipinski definition) is 6. The first-order valence-corrected chi connectivity index (χ1v) is 10.1. The molecule has 128 valence electrons. The number of carbonyl (C=O) groups is 1. The lowest BCUT2D eigenvalue weighted by molar-refractivity contribution is -0.132. The highest BCUT2D eigenvalue weighted by molar-refractivity contribution is 7.91. The van der Waals surface area contributed by atoms with Crippen LogP contribution in [-0.2, 0) is 20.4 Å². The second-order valence-electron chi connectivity index (χ2n) is 6.45. The highest BCUT2D eigenvalue weighted by Crippen LogP contribution is 2.34. The molecule has 0 unspecified atom stereocenters. The van der Waals surface area contributed by atoms with Gasteiger partial charge in [-0.05, 0) is 49.0 Å². The first-order valence-electron chi connectivity index (χ1n) is 8.27. The minimum absolute atomic E-state index is 0.170. The first kappa shape index (κ1) is 16.4. The summed E-state index contributed by atoms with van der Waals surface area (Å²) in [4.78, 5) is 14.2. The number of aromatic nitrogens is 4. The fourth-order valence-corrected chi connectivity index (χ4v) is 4.41. The fourth-order valence-electron chi connectivity index (χ4n) is 3.18. The van der Waals surface area contributed by atoms with Gasteiger partial charge in [0.2, 0.25) is 5.91 Å². The van der Waals surface area contributed by atoms with Gasteiger partial charge < -0.3 is 4.90 Å². The number of amides is 1. The molecule has 2 fully saturated rings. The zero-order valence-electron chi connectivity index (χ0n) is 13.4. The van der Waals surface area contributed by atoms with Gasteiger partial charge in [0.15, 0.2) is 15.7 Å². The van der Waals surface area contributed by atoms with Gasteiger partial charge in [-0.3, -0.25) is 4.79 Å². The summed E-state index contributed by atoms with van der Waals surface area (Å²) >= 11 is 0. The number of likely N-dealkylation sites (tertiary alicyclic amines) is 1. The summed E-state index contributed by atoms with van der Waals surface area (Å²) in [6.07, 6.45) is 5.83. The first-order chi connectivity index (χ1) is 11.0. The van der Waals surface area contributed by atoms with E-state index in [9.17, 15) is 13.2 Å². The fraction of sp³-hybridized carbons (Fsp3) is 0.857. The van der Waals surface area contributed by atoms with Crippen LogP contribution in [0.25, 0.3) is 0 Å². The van der Waals surface area contributed by atoms with Crippen molar-refractivity contribution in [1.82, 2.24) is 25.1 Å². The molecule has 2 heterocycles. The molecule has 0 radical (unpaired) electrons. The molecule has 2 aliphatic rings. The largest absolute Gasteiger partial charge is 0.339 e. The van der Waals surface area contributed by atoms with Gasteiger partial charge in [0.05, 0.1) is 6.04 Å². The summed E-state index contributed by atoms with van der Waals surface area (Å²) in [5.41, 5.74) is 0. The number of hydrogen-bond donors (Lipinski definition) is 0. The Kier molecular flexibility index (Phi) is 4.65. The van der Waals surface area contributed by atoms with Crippen LogP contribution in [0.5, 0.6) is 0 Å². The van der Waals surface area contributed by atoms with Gasteiger partial charge in [-0.15, -0.1) is 5.10 Å². The van der Waals surface area contributed by atoms with Gasteiger partial charge in [-0.25, -0.2) is 13.1 Å². The topological polar surface area (TPSA) is 98.1 Å². The number of rotatable bonds is 6. The Morgan fingerprint density at radius 2 is 2.04 bits per heavy atom. The normalized spacial score (nSPS) is 22.3. The molecule has 0 bridgehead atoms. The van der Waals surface area contributed by atoms with Crippen LogP contribution in [0.1, 0.15) is 57.3 Å². The SMILES string of the molecule is CC[C@@H]1CCCCN1C(=O)CS(=O)(=O)Cc1nnnn1C1CC1. The Hall–Kier alpha value is -1.51. The van der Waals surface area contributed by atoms with E-state index in [2.05, 4.69) is 15.5 Å². The molecular weight excluding hydrogens is 318 g/mol.